The average Bonchev–Trinajstić information content (AvgIpc) is 2.78. The van der Waals surface area contributed by atoms with Crippen LogP contribution in [0.2, 0.25) is 0 Å². The topological polar surface area (TPSA) is 27.1 Å². The Morgan fingerprint density at radius 1 is 1.24 bits per heavy atom. The minimum atomic E-state index is 0.874. The number of hydrogen-bond donors (Lipinski definition) is 0. The van der Waals surface area contributed by atoms with Crippen molar-refractivity contribution in [2.75, 3.05) is 7.11 Å². The third-order valence-electron chi connectivity index (χ3n) is 2.79. The van der Waals surface area contributed by atoms with Gasteiger partial charge >= 0.3 is 0 Å². The van der Waals surface area contributed by atoms with Crippen molar-refractivity contribution in [2.45, 2.75) is 26.3 Å². The molecule has 0 N–H and O–H groups in total. The van der Waals surface area contributed by atoms with Crippen LogP contribution in [0.3, 0.4) is 0 Å². The van der Waals surface area contributed by atoms with E-state index < -0.39 is 0 Å². The number of hydrogen-bond acceptors (Lipinski definition) is 2. The lowest BCUT2D eigenvalue weighted by atomic mass is 10.2. The highest BCUT2D eigenvalue weighted by Gasteiger charge is 2.02. The first-order valence-corrected chi connectivity index (χ1v) is 5.96. The molecule has 0 bridgehead atoms. The number of aromatic nitrogens is 2. The number of nitrogens with zero attached hydrogens (tertiary/aromatic N) is 2. The summed E-state index contributed by atoms with van der Waals surface area (Å²) < 4.78 is 7.35. The van der Waals surface area contributed by atoms with Gasteiger partial charge in [0.25, 0.3) is 0 Å². The molecule has 0 aliphatic heterocycles. The van der Waals surface area contributed by atoms with Gasteiger partial charge in [-0.15, -0.1) is 0 Å². The Balaban J connectivity index is 2.10. The lowest BCUT2D eigenvalue weighted by Crippen LogP contribution is -2.04. The van der Waals surface area contributed by atoms with E-state index in [-0.39, 0.29) is 0 Å². The van der Waals surface area contributed by atoms with Crippen molar-refractivity contribution in [2.24, 2.45) is 0 Å². The van der Waals surface area contributed by atoms with Gasteiger partial charge in [-0.1, -0.05) is 19.1 Å². The summed E-state index contributed by atoms with van der Waals surface area (Å²) in [6, 6.07) is 8.17. The van der Waals surface area contributed by atoms with Crippen LogP contribution in [0.5, 0.6) is 5.75 Å². The zero-order chi connectivity index (χ0) is 12.1. The molecule has 0 saturated heterocycles. The van der Waals surface area contributed by atoms with Crippen LogP contribution in [0.25, 0.3) is 0 Å². The van der Waals surface area contributed by atoms with Crippen LogP contribution >= 0.6 is 0 Å². The maximum absolute atomic E-state index is 5.15. The molecule has 0 aliphatic carbocycles. The summed E-state index contributed by atoms with van der Waals surface area (Å²) in [6.45, 7) is 3.05. The number of rotatable bonds is 5. The number of benzene rings is 1. The molecule has 0 atom stereocenters. The molecule has 3 nitrogen and oxygen atoms in total. The van der Waals surface area contributed by atoms with Gasteiger partial charge in [-0.3, -0.25) is 0 Å². The Hall–Kier alpha value is -1.77. The minimum Gasteiger partial charge on any atom is -0.497 e. The molecule has 1 heterocycles. The van der Waals surface area contributed by atoms with Gasteiger partial charge in [-0.2, -0.15) is 0 Å². The SMILES string of the molecule is CCCc1nccn1Cc1ccc(OC)cc1. The standard InChI is InChI=1S/C14H18N2O/c1-3-4-14-15-9-10-16(14)11-12-5-7-13(17-2)8-6-12/h5-10H,3-4,11H2,1-2H3. The summed E-state index contributed by atoms with van der Waals surface area (Å²) in [5.41, 5.74) is 1.26. The Kier molecular flexibility index (Phi) is 3.81. The summed E-state index contributed by atoms with van der Waals surface area (Å²) in [5, 5.41) is 0. The van der Waals surface area contributed by atoms with Crippen LogP contribution in [0, 0.1) is 0 Å². The molecule has 17 heavy (non-hydrogen) atoms. The van der Waals surface area contributed by atoms with E-state index in [1.807, 2.05) is 24.5 Å². The highest BCUT2D eigenvalue weighted by Crippen LogP contribution is 2.13. The van der Waals surface area contributed by atoms with Crippen LogP contribution in [0.4, 0.5) is 0 Å². The molecule has 0 aliphatic rings. The van der Waals surface area contributed by atoms with E-state index in [9.17, 15) is 0 Å². The number of methoxy groups -OCH3 is 1. The molecule has 3 heteroatoms. The minimum absolute atomic E-state index is 0.874. The summed E-state index contributed by atoms with van der Waals surface area (Å²) >= 11 is 0. The predicted octanol–water partition coefficient (Wildman–Crippen LogP) is 2.89. The summed E-state index contributed by atoms with van der Waals surface area (Å²) in [6.07, 6.45) is 6.06. The van der Waals surface area contributed by atoms with Crippen molar-refractivity contribution < 1.29 is 4.74 Å². The molecule has 1 aromatic carbocycles. The largest absolute Gasteiger partial charge is 0.497 e. The van der Waals surface area contributed by atoms with E-state index in [2.05, 4.69) is 28.6 Å². The third-order valence-corrected chi connectivity index (χ3v) is 2.79. The van der Waals surface area contributed by atoms with Gasteiger partial charge in [0.15, 0.2) is 0 Å². The smallest absolute Gasteiger partial charge is 0.118 e. The lowest BCUT2D eigenvalue weighted by Gasteiger charge is -2.08. The Morgan fingerprint density at radius 2 is 2.00 bits per heavy atom. The van der Waals surface area contributed by atoms with Crippen LogP contribution in [-0.4, -0.2) is 16.7 Å². The highest BCUT2D eigenvalue weighted by molar-refractivity contribution is 5.27. The van der Waals surface area contributed by atoms with Crippen molar-refractivity contribution in [1.29, 1.82) is 0 Å². The van der Waals surface area contributed by atoms with Crippen molar-refractivity contribution in [1.82, 2.24) is 9.55 Å². The second-order valence-electron chi connectivity index (χ2n) is 4.07. The molecule has 1 aromatic heterocycles. The first kappa shape index (κ1) is 11.7. The van der Waals surface area contributed by atoms with Gasteiger partial charge in [0.05, 0.1) is 7.11 Å². The number of ether oxygens (including phenoxy) is 1. The highest BCUT2D eigenvalue weighted by atomic mass is 16.5. The van der Waals surface area contributed by atoms with E-state index in [1.54, 1.807) is 7.11 Å². The zero-order valence-electron chi connectivity index (χ0n) is 10.4. The van der Waals surface area contributed by atoms with Crippen molar-refractivity contribution in [3.63, 3.8) is 0 Å². The first-order chi connectivity index (χ1) is 8.33. The second kappa shape index (κ2) is 5.53. The fourth-order valence-corrected chi connectivity index (χ4v) is 1.86. The van der Waals surface area contributed by atoms with Crippen LogP contribution in [0.15, 0.2) is 36.7 Å². The zero-order valence-corrected chi connectivity index (χ0v) is 10.4. The van der Waals surface area contributed by atoms with Crippen LogP contribution in [-0.2, 0) is 13.0 Å². The van der Waals surface area contributed by atoms with Crippen LogP contribution in [0.1, 0.15) is 24.7 Å². The molecule has 2 aromatic rings. The number of imidazole rings is 1. The molecule has 0 saturated carbocycles. The molecule has 90 valence electrons. The molecule has 0 spiro atoms. The van der Waals surface area contributed by atoms with E-state index >= 15 is 0 Å². The molecule has 0 unspecified atom stereocenters. The quantitative estimate of drug-likeness (QED) is 0.789. The number of aryl methyl sites for hydroxylation is 1. The van der Waals surface area contributed by atoms with Crippen LogP contribution < -0.4 is 4.74 Å². The van der Waals surface area contributed by atoms with E-state index in [1.165, 1.54) is 5.56 Å². The monoisotopic (exact) mass is 230 g/mol. The second-order valence-corrected chi connectivity index (χ2v) is 4.07. The summed E-state index contributed by atoms with van der Waals surface area (Å²) in [7, 11) is 1.68. The van der Waals surface area contributed by atoms with E-state index in [0.717, 1.165) is 31.0 Å². The third kappa shape index (κ3) is 2.87. The van der Waals surface area contributed by atoms with Crippen molar-refractivity contribution in [3.8, 4) is 5.75 Å². The Morgan fingerprint density at radius 3 is 2.65 bits per heavy atom. The van der Waals surface area contributed by atoms with E-state index in [0.29, 0.717) is 0 Å². The average molecular weight is 230 g/mol. The molecular weight excluding hydrogens is 212 g/mol. The predicted molar refractivity (Wildman–Crippen MR) is 68.3 cm³/mol. The fourth-order valence-electron chi connectivity index (χ4n) is 1.86. The Labute approximate surface area is 102 Å². The maximum Gasteiger partial charge on any atom is 0.118 e. The maximum atomic E-state index is 5.15. The molecule has 0 fully saturated rings. The molecular formula is C14H18N2O. The Bertz CT molecular complexity index is 459. The lowest BCUT2D eigenvalue weighted by molar-refractivity contribution is 0.414. The van der Waals surface area contributed by atoms with Crippen molar-refractivity contribution >= 4 is 0 Å². The fraction of sp³-hybridized carbons (Fsp3) is 0.357. The summed E-state index contributed by atoms with van der Waals surface area (Å²) in [5.74, 6) is 2.05. The molecule has 2 rings (SSSR count). The van der Waals surface area contributed by atoms with Gasteiger partial charge in [0, 0.05) is 25.4 Å². The summed E-state index contributed by atoms with van der Waals surface area (Å²) in [4.78, 5) is 4.37. The van der Waals surface area contributed by atoms with Gasteiger partial charge < -0.3 is 9.30 Å². The normalized spacial score (nSPS) is 10.5. The van der Waals surface area contributed by atoms with Crippen molar-refractivity contribution in [3.05, 3.63) is 48.0 Å². The van der Waals surface area contributed by atoms with E-state index in [4.69, 9.17) is 4.74 Å². The van der Waals surface area contributed by atoms with Gasteiger partial charge in [0.2, 0.25) is 0 Å². The van der Waals surface area contributed by atoms with Gasteiger partial charge in [-0.25, -0.2) is 4.98 Å². The van der Waals surface area contributed by atoms with Gasteiger partial charge in [0.1, 0.15) is 11.6 Å². The molecule has 0 radical (unpaired) electrons. The first-order valence-electron chi connectivity index (χ1n) is 5.96. The van der Waals surface area contributed by atoms with Gasteiger partial charge in [-0.05, 0) is 24.1 Å². The molecule has 0 amide bonds.